The molecule has 2 aliphatic rings. The molecule has 0 fully saturated rings. The lowest BCUT2D eigenvalue weighted by atomic mass is 9.80. The van der Waals surface area contributed by atoms with Crippen molar-refractivity contribution in [3.8, 4) is 0 Å². The number of nitrogens with zero attached hydrogens (tertiary/aromatic N) is 1. The summed E-state index contributed by atoms with van der Waals surface area (Å²) in [6, 6.07) is 35.1. The molecule has 0 spiro atoms. The van der Waals surface area contributed by atoms with Crippen molar-refractivity contribution in [2.75, 3.05) is 11.4 Å². The van der Waals surface area contributed by atoms with Gasteiger partial charge in [-0.25, -0.2) is 0 Å². The summed E-state index contributed by atoms with van der Waals surface area (Å²) in [5.41, 5.74) is 15.8. The summed E-state index contributed by atoms with van der Waals surface area (Å²) in [5.74, 6) is 0. The number of allylic oxidation sites excluding steroid dienone is 10. The quantitative estimate of drug-likeness (QED) is 0.188. The zero-order valence-corrected chi connectivity index (χ0v) is 29.7. The lowest BCUT2D eigenvalue weighted by molar-refractivity contribution is 0.588. The molecule has 0 unspecified atom stereocenters. The minimum Gasteiger partial charge on any atom is -0.338 e. The number of fused-ring (bicyclic) bond motifs is 1. The van der Waals surface area contributed by atoms with Crippen LogP contribution in [-0.4, -0.2) is 6.54 Å². The van der Waals surface area contributed by atoms with E-state index in [1.165, 1.54) is 67.0 Å². The predicted molar refractivity (Wildman–Crippen MR) is 210 cm³/mol. The molecule has 4 aromatic carbocycles. The number of anilines is 2. The van der Waals surface area contributed by atoms with Crippen LogP contribution in [0, 0.1) is 6.92 Å². The van der Waals surface area contributed by atoms with Gasteiger partial charge >= 0.3 is 0 Å². The molecule has 0 amide bonds. The number of aryl methyl sites for hydroxylation is 1. The van der Waals surface area contributed by atoms with Crippen LogP contribution < -0.4 is 4.90 Å². The first-order valence-electron chi connectivity index (χ1n) is 17.3. The van der Waals surface area contributed by atoms with Crippen LogP contribution in [-0.2, 0) is 10.8 Å². The summed E-state index contributed by atoms with van der Waals surface area (Å²) in [6.45, 7) is 16.9. The molecule has 0 atom stereocenters. The zero-order valence-electron chi connectivity index (χ0n) is 29.7. The topological polar surface area (TPSA) is 3.24 Å². The molecule has 6 rings (SSSR count). The summed E-state index contributed by atoms with van der Waals surface area (Å²) in [6.07, 6.45) is 19.3. The average molecular weight is 628 g/mol. The van der Waals surface area contributed by atoms with Crippen LogP contribution in [0.25, 0.3) is 17.2 Å². The maximum absolute atomic E-state index is 2.39. The second-order valence-corrected chi connectivity index (χ2v) is 14.7. The number of benzene rings is 4. The minimum atomic E-state index is -0.0312. The van der Waals surface area contributed by atoms with E-state index in [1.54, 1.807) is 0 Å². The molecule has 242 valence electrons. The molecule has 0 aliphatic heterocycles. The van der Waals surface area contributed by atoms with Gasteiger partial charge in [-0.05, 0) is 94.5 Å². The first-order chi connectivity index (χ1) is 23.0. The van der Waals surface area contributed by atoms with Crippen LogP contribution >= 0.6 is 0 Å². The van der Waals surface area contributed by atoms with Gasteiger partial charge in [0.2, 0.25) is 0 Å². The van der Waals surface area contributed by atoms with E-state index < -0.39 is 0 Å². The van der Waals surface area contributed by atoms with Gasteiger partial charge in [0, 0.05) is 23.3 Å². The van der Waals surface area contributed by atoms with E-state index in [-0.39, 0.29) is 10.8 Å². The second-order valence-electron chi connectivity index (χ2n) is 14.7. The van der Waals surface area contributed by atoms with E-state index in [2.05, 4.69) is 199 Å². The molecule has 1 nitrogen and oxygen atoms in total. The molecule has 0 bridgehead atoms. The van der Waals surface area contributed by atoms with Crippen LogP contribution in [0.3, 0.4) is 0 Å². The largest absolute Gasteiger partial charge is 0.338 e. The lowest BCUT2D eigenvalue weighted by Gasteiger charge is -2.24. The van der Waals surface area contributed by atoms with Gasteiger partial charge in [-0.2, -0.15) is 0 Å². The number of hydrogen-bond donors (Lipinski definition) is 0. The third-order valence-electron chi connectivity index (χ3n) is 9.97. The van der Waals surface area contributed by atoms with Gasteiger partial charge in [0.15, 0.2) is 0 Å². The van der Waals surface area contributed by atoms with Crippen LogP contribution in [0.15, 0.2) is 151 Å². The Morgan fingerprint density at radius 1 is 0.708 bits per heavy atom. The molecule has 48 heavy (non-hydrogen) atoms. The molecule has 0 saturated heterocycles. The molecule has 1 heteroatoms. The fourth-order valence-corrected chi connectivity index (χ4v) is 6.91. The highest BCUT2D eigenvalue weighted by Crippen LogP contribution is 2.47. The van der Waals surface area contributed by atoms with Gasteiger partial charge in [-0.1, -0.05) is 167 Å². The highest BCUT2D eigenvalue weighted by molar-refractivity contribution is 5.86. The van der Waals surface area contributed by atoms with Crippen molar-refractivity contribution in [3.63, 3.8) is 0 Å². The van der Waals surface area contributed by atoms with E-state index in [1.807, 2.05) is 0 Å². The highest BCUT2D eigenvalue weighted by Gasteiger charge is 2.34. The Labute approximate surface area is 289 Å². The maximum Gasteiger partial charge on any atom is 0.0415 e. The number of rotatable bonds is 8. The third kappa shape index (κ3) is 7.02. The van der Waals surface area contributed by atoms with Gasteiger partial charge in [-0.3, -0.25) is 0 Å². The molecule has 0 heterocycles. The van der Waals surface area contributed by atoms with Crippen molar-refractivity contribution in [1.82, 2.24) is 0 Å². The van der Waals surface area contributed by atoms with Crippen molar-refractivity contribution in [2.24, 2.45) is 0 Å². The smallest absolute Gasteiger partial charge is 0.0415 e. The average Bonchev–Trinajstić information content (AvgIpc) is 3.22. The Bertz CT molecular complexity index is 1930. The summed E-state index contributed by atoms with van der Waals surface area (Å²) in [7, 11) is 0. The van der Waals surface area contributed by atoms with Gasteiger partial charge in [0.1, 0.15) is 0 Å². The highest BCUT2D eigenvalue weighted by atomic mass is 15.1. The number of hydrogen-bond acceptors (Lipinski definition) is 1. The van der Waals surface area contributed by atoms with E-state index >= 15 is 0 Å². The van der Waals surface area contributed by atoms with E-state index in [9.17, 15) is 0 Å². The first-order valence-corrected chi connectivity index (χ1v) is 17.3. The SMILES string of the molecule is CC1=C(/C=C\CN(c2ccccc2)c2ccccc2)c2ccc(/C=C/C3=CCC=C(c4ccc(C)cc4C(C)(C)C)C=C3)cc2C1(C)C. The van der Waals surface area contributed by atoms with Crippen molar-refractivity contribution in [2.45, 2.75) is 65.7 Å². The van der Waals surface area contributed by atoms with Gasteiger partial charge < -0.3 is 4.90 Å². The summed E-state index contributed by atoms with van der Waals surface area (Å²) < 4.78 is 0. The van der Waals surface area contributed by atoms with Crippen molar-refractivity contribution in [3.05, 3.63) is 184 Å². The Kier molecular flexibility index (Phi) is 9.42. The van der Waals surface area contributed by atoms with Crippen LogP contribution in [0.5, 0.6) is 0 Å². The van der Waals surface area contributed by atoms with Crippen molar-refractivity contribution < 1.29 is 0 Å². The zero-order chi connectivity index (χ0) is 33.9. The van der Waals surface area contributed by atoms with E-state index in [0.717, 1.165) is 13.0 Å². The molecule has 0 aromatic heterocycles. The fourth-order valence-electron chi connectivity index (χ4n) is 6.91. The lowest BCUT2D eigenvalue weighted by Crippen LogP contribution is -2.16. The Hall–Kier alpha value is -4.88. The maximum atomic E-state index is 2.39. The van der Waals surface area contributed by atoms with Gasteiger partial charge in [0.25, 0.3) is 0 Å². The normalized spacial score (nSPS) is 15.9. The molecule has 0 saturated carbocycles. The molecule has 0 N–H and O–H groups in total. The Morgan fingerprint density at radius 2 is 1.38 bits per heavy atom. The molecule has 0 radical (unpaired) electrons. The predicted octanol–water partition coefficient (Wildman–Crippen LogP) is 12.7. The molecule has 4 aromatic rings. The Morgan fingerprint density at radius 3 is 2.04 bits per heavy atom. The summed E-state index contributed by atoms with van der Waals surface area (Å²) in [4.78, 5) is 2.36. The van der Waals surface area contributed by atoms with Gasteiger partial charge in [-0.15, -0.1) is 0 Å². The standard InChI is InChI=1S/C47H49N/c1-34-23-29-42(44(32-34)46(3,4)5)38-17-14-16-36(26-28-38)24-25-37-27-30-43-41(35(2)47(6,7)45(43)33-37)22-15-31-48(39-18-10-8-11-19-39)40-20-12-9-13-21-40/h8-13,15-30,32-33H,14,31H2,1-7H3/b22-15-,25-24+. The molecular formula is C47H49N. The molecule has 2 aliphatic carbocycles. The first kappa shape index (κ1) is 33.0. The Balaban J connectivity index is 1.20. The van der Waals surface area contributed by atoms with Crippen molar-refractivity contribution in [1.29, 1.82) is 0 Å². The third-order valence-corrected chi connectivity index (χ3v) is 9.97. The minimum absolute atomic E-state index is 0.0312. The molecular weight excluding hydrogens is 579 g/mol. The van der Waals surface area contributed by atoms with Crippen molar-refractivity contribution >= 4 is 28.6 Å². The van der Waals surface area contributed by atoms with E-state index in [0.29, 0.717) is 0 Å². The summed E-state index contributed by atoms with van der Waals surface area (Å²) >= 11 is 0. The van der Waals surface area contributed by atoms with Crippen LogP contribution in [0.1, 0.15) is 81.3 Å². The fraction of sp³-hybridized carbons (Fsp3) is 0.234. The van der Waals surface area contributed by atoms with E-state index in [4.69, 9.17) is 0 Å². The van der Waals surface area contributed by atoms with Crippen LogP contribution in [0.2, 0.25) is 0 Å². The second kappa shape index (κ2) is 13.7. The number of para-hydroxylation sites is 2. The van der Waals surface area contributed by atoms with Crippen LogP contribution in [0.4, 0.5) is 11.4 Å². The summed E-state index contributed by atoms with van der Waals surface area (Å²) in [5, 5.41) is 0. The monoisotopic (exact) mass is 627 g/mol. The van der Waals surface area contributed by atoms with Gasteiger partial charge in [0.05, 0.1) is 0 Å².